The Kier molecular flexibility index (Phi) is 5.84. The van der Waals surface area contributed by atoms with Crippen LogP contribution in [0.5, 0.6) is 0 Å². The maximum atomic E-state index is 3.67. The van der Waals surface area contributed by atoms with Gasteiger partial charge in [0.25, 0.3) is 0 Å². The van der Waals surface area contributed by atoms with Crippen LogP contribution in [-0.2, 0) is 0 Å². The zero-order valence-corrected chi connectivity index (χ0v) is 16.2. The van der Waals surface area contributed by atoms with Crippen LogP contribution >= 0.6 is 31.9 Å². The van der Waals surface area contributed by atoms with E-state index in [0.717, 1.165) is 14.5 Å². The molecule has 2 heteroatoms. The monoisotopic (exact) mass is 438 g/mol. The van der Waals surface area contributed by atoms with Gasteiger partial charge in [-0.3, -0.25) is 0 Å². The molecule has 3 aromatic rings. The Labute approximate surface area is 159 Å². The standard InChI is InChI=1S/C22H16Br2/c23-21-8-4-7-18(15-21)11-13-20-14-12-19(16-22(20)24)10-9-17-5-2-1-3-6-17/h1-16H. The van der Waals surface area contributed by atoms with Crippen LogP contribution in [0.4, 0.5) is 0 Å². The van der Waals surface area contributed by atoms with Crippen molar-refractivity contribution in [3.05, 3.63) is 104 Å². The average Bonchev–Trinajstić information content (AvgIpc) is 2.60. The van der Waals surface area contributed by atoms with Crippen LogP contribution in [-0.4, -0.2) is 0 Å². The van der Waals surface area contributed by atoms with Gasteiger partial charge in [-0.15, -0.1) is 0 Å². The normalized spacial score (nSPS) is 11.4. The highest BCUT2D eigenvalue weighted by Gasteiger charge is 1.98. The first-order chi connectivity index (χ1) is 11.7. The summed E-state index contributed by atoms with van der Waals surface area (Å²) in [5.41, 5.74) is 4.70. The van der Waals surface area contributed by atoms with Crippen LogP contribution < -0.4 is 0 Å². The molecule has 0 bridgehead atoms. The summed E-state index contributed by atoms with van der Waals surface area (Å²) in [7, 11) is 0. The summed E-state index contributed by atoms with van der Waals surface area (Å²) in [6, 6.07) is 25.0. The van der Waals surface area contributed by atoms with Gasteiger partial charge in [0.15, 0.2) is 0 Å². The molecule has 0 N–H and O–H groups in total. The molecule has 24 heavy (non-hydrogen) atoms. The van der Waals surface area contributed by atoms with Gasteiger partial charge < -0.3 is 0 Å². The minimum Gasteiger partial charge on any atom is -0.0622 e. The Morgan fingerprint density at radius 2 is 1.21 bits per heavy atom. The molecule has 3 aromatic carbocycles. The number of halogens is 2. The molecule has 0 atom stereocenters. The molecule has 0 heterocycles. The van der Waals surface area contributed by atoms with Gasteiger partial charge in [-0.05, 0) is 40.5 Å². The topological polar surface area (TPSA) is 0 Å². The Hall–Kier alpha value is -1.90. The zero-order chi connectivity index (χ0) is 16.8. The first-order valence-corrected chi connectivity index (χ1v) is 9.26. The minimum atomic E-state index is 1.09. The van der Waals surface area contributed by atoms with E-state index in [1.807, 2.05) is 30.3 Å². The van der Waals surface area contributed by atoms with Gasteiger partial charge in [0, 0.05) is 8.95 Å². The third kappa shape index (κ3) is 4.80. The lowest BCUT2D eigenvalue weighted by Crippen LogP contribution is -1.79. The Bertz CT molecular complexity index is 877. The van der Waals surface area contributed by atoms with E-state index in [2.05, 4.69) is 98.6 Å². The Balaban J connectivity index is 1.76. The van der Waals surface area contributed by atoms with Crippen LogP contribution in [0, 0.1) is 0 Å². The van der Waals surface area contributed by atoms with Crippen molar-refractivity contribution in [2.24, 2.45) is 0 Å². The largest absolute Gasteiger partial charge is 0.0622 e. The lowest BCUT2D eigenvalue weighted by Gasteiger charge is -2.02. The van der Waals surface area contributed by atoms with Crippen LogP contribution in [0.15, 0.2) is 81.7 Å². The predicted molar refractivity (Wildman–Crippen MR) is 113 cm³/mol. The van der Waals surface area contributed by atoms with Crippen molar-refractivity contribution >= 4 is 56.2 Å². The molecule has 118 valence electrons. The van der Waals surface area contributed by atoms with E-state index in [1.165, 1.54) is 16.7 Å². The van der Waals surface area contributed by atoms with Crippen molar-refractivity contribution in [1.29, 1.82) is 0 Å². The van der Waals surface area contributed by atoms with E-state index in [-0.39, 0.29) is 0 Å². The predicted octanol–water partition coefficient (Wildman–Crippen LogP) is 7.55. The molecule has 0 fully saturated rings. The first-order valence-electron chi connectivity index (χ1n) is 7.67. The van der Waals surface area contributed by atoms with E-state index in [1.54, 1.807) is 0 Å². The lowest BCUT2D eigenvalue weighted by atomic mass is 10.1. The van der Waals surface area contributed by atoms with Crippen molar-refractivity contribution in [2.75, 3.05) is 0 Å². The summed E-state index contributed by atoms with van der Waals surface area (Å²) in [5.74, 6) is 0. The van der Waals surface area contributed by atoms with E-state index in [9.17, 15) is 0 Å². The summed E-state index contributed by atoms with van der Waals surface area (Å²) >= 11 is 7.17. The van der Waals surface area contributed by atoms with Gasteiger partial charge in [0.2, 0.25) is 0 Å². The van der Waals surface area contributed by atoms with Gasteiger partial charge in [-0.25, -0.2) is 0 Å². The SMILES string of the molecule is Brc1cccc(C=Cc2ccc(C=Cc3ccccc3)cc2Br)c1. The molecule has 0 aliphatic rings. The maximum absolute atomic E-state index is 3.67. The molecule has 0 nitrogen and oxygen atoms in total. The molecule has 0 spiro atoms. The van der Waals surface area contributed by atoms with Gasteiger partial charge in [-0.1, -0.05) is 111 Å². The molecule has 0 aromatic heterocycles. The van der Waals surface area contributed by atoms with Gasteiger partial charge in [-0.2, -0.15) is 0 Å². The van der Waals surface area contributed by atoms with Crippen molar-refractivity contribution in [3.63, 3.8) is 0 Å². The molecule has 0 radical (unpaired) electrons. The summed E-state index contributed by atoms with van der Waals surface area (Å²) in [6.07, 6.45) is 8.49. The molecule has 0 aliphatic carbocycles. The van der Waals surface area contributed by atoms with Crippen LogP contribution in [0.3, 0.4) is 0 Å². The third-order valence-corrected chi connectivity index (χ3v) is 4.78. The summed E-state index contributed by atoms with van der Waals surface area (Å²) < 4.78 is 2.18. The summed E-state index contributed by atoms with van der Waals surface area (Å²) in [6.45, 7) is 0. The fourth-order valence-electron chi connectivity index (χ4n) is 2.34. The molecule has 0 amide bonds. The molecular formula is C22H16Br2. The van der Waals surface area contributed by atoms with Crippen LogP contribution in [0.1, 0.15) is 22.3 Å². The van der Waals surface area contributed by atoms with Crippen LogP contribution in [0.2, 0.25) is 0 Å². The minimum absolute atomic E-state index is 1.09. The van der Waals surface area contributed by atoms with Gasteiger partial charge in [0.1, 0.15) is 0 Å². The molecular weight excluding hydrogens is 424 g/mol. The fourth-order valence-corrected chi connectivity index (χ4v) is 3.28. The molecule has 0 aliphatic heterocycles. The molecule has 0 saturated carbocycles. The van der Waals surface area contributed by atoms with Crippen molar-refractivity contribution in [2.45, 2.75) is 0 Å². The highest BCUT2D eigenvalue weighted by atomic mass is 79.9. The average molecular weight is 440 g/mol. The lowest BCUT2D eigenvalue weighted by molar-refractivity contribution is 1.57. The van der Waals surface area contributed by atoms with E-state index in [4.69, 9.17) is 0 Å². The first kappa shape index (κ1) is 16.9. The number of rotatable bonds is 4. The highest BCUT2D eigenvalue weighted by molar-refractivity contribution is 9.10. The van der Waals surface area contributed by atoms with Gasteiger partial charge >= 0.3 is 0 Å². The fraction of sp³-hybridized carbons (Fsp3) is 0. The zero-order valence-electron chi connectivity index (χ0n) is 13.0. The maximum Gasteiger partial charge on any atom is 0.0253 e. The quantitative estimate of drug-likeness (QED) is 0.368. The molecule has 0 unspecified atom stereocenters. The number of hydrogen-bond acceptors (Lipinski definition) is 0. The summed E-state index contributed by atoms with van der Waals surface area (Å²) in [5, 5.41) is 0. The second-order valence-corrected chi connectivity index (χ2v) is 7.18. The highest BCUT2D eigenvalue weighted by Crippen LogP contribution is 2.23. The van der Waals surface area contributed by atoms with E-state index in [0.29, 0.717) is 0 Å². The molecule has 0 saturated heterocycles. The molecule has 3 rings (SSSR count). The Morgan fingerprint density at radius 1 is 0.542 bits per heavy atom. The second kappa shape index (κ2) is 8.27. The van der Waals surface area contributed by atoms with Crippen LogP contribution in [0.25, 0.3) is 24.3 Å². The van der Waals surface area contributed by atoms with Crippen molar-refractivity contribution in [1.82, 2.24) is 0 Å². The smallest absolute Gasteiger partial charge is 0.0253 e. The Morgan fingerprint density at radius 3 is 1.96 bits per heavy atom. The number of hydrogen-bond donors (Lipinski definition) is 0. The van der Waals surface area contributed by atoms with E-state index < -0.39 is 0 Å². The van der Waals surface area contributed by atoms with Crippen molar-refractivity contribution < 1.29 is 0 Å². The summed E-state index contributed by atoms with van der Waals surface area (Å²) in [4.78, 5) is 0. The van der Waals surface area contributed by atoms with Crippen molar-refractivity contribution in [3.8, 4) is 0 Å². The second-order valence-electron chi connectivity index (χ2n) is 5.41. The van der Waals surface area contributed by atoms with Gasteiger partial charge in [0.05, 0.1) is 0 Å². The van der Waals surface area contributed by atoms with E-state index >= 15 is 0 Å². The third-order valence-electron chi connectivity index (χ3n) is 3.60. The number of benzene rings is 3.